The normalized spacial score (nSPS) is 16.6. The van der Waals surface area contributed by atoms with Crippen LogP contribution in [0.1, 0.15) is 12.0 Å². The molecule has 1 saturated heterocycles. The minimum absolute atomic E-state index is 0. The smallest absolute Gasteiger partial charge is 0.191 e. The Labute approximate surface area is 179 Å². The Balaban J connectivity index is 0.00000261. The van der Waals surface area contributed by atoms with Crippen LogP contribution in [0, 0.1) is 0 Å². The molecule has 0 aliphatic carbocycles. The number of anilines is 1. The monoisotopic (exact) mass is 480 g/mol. The van der Waals surface area contributed by atoms with E-state index in [1.165, 1.54) is 11.3 Å². The van der Waals surface area contributed by atoms with Crippen LogP contribution in [0.4, 0.5) is 5.69 Å². The number of halogens is 1. The highest BCUT2D eigenvalue weighted by atomic mass is 127. The molecule has 2 aromatic rings. The van der Waals surface area contributed by atoms with Crippen LogP contribution in [-0.4, -0.2) is 45.8 Å². The van der Waals surface area contributed by atoms with Crippen molar-refractivity contribution in [3.05, 3.63) is 60.2 Å². The molecule has 0 aromatic heterocycles. The number of nitrogens with one attached hydrogen (secondary N) is 2. The van der Waals surface area contributed by atoms with E-state index in [-0.39, 0.29) is 24.0 Å². The molecule has 0 radical (unpaired) electrons. The molecule has 0 spiro atoms. The molecule has 3 rings (SSSR count). The molecule has 0 saturated carbocycles. The predicted molar refractivity (Wildman–Crippen MR) is 124 cm³/mol. The topological polar surface area (TPSA) is 48.9 Å². The van der Waals surface area contributed by atoms with Crippen molar-refractivity contribution in [3.8, 4) is 5.75 Å². The lowest BCUT2D eigenvalue weighted by atomic mass is 10.1. The summed E-state index contributed by atoms with van der Waals surface area (Å²) in [7, 11) is 3.51. The SMILES string of the molecule is CN=C(NCCc1ccc(OC)cc1)NC1CCN(c2ccccc2)C1.I. The fourth-order valence-electron chi connectivity index (χ4n) is 3.26. The van der Waals surface area contributed by atoms with Gasteiger partial charge < -0.3 is 20.3 Å². The van der Waals surface area contributed by atoms with Gasteiger partial charge in [-0.1, -0.05) is 30.3 Å². The summed E-state index contributed by atoms with van der Waals surface area (Å²) in [5.41, 5.74) is 2.57. The van der Waals surface area contributed by atoms with Crippen molar-refractivity contribution in [2.75, 3.05) is 38.7 Å². The van der Waals surface area contributed by atoms with Gasteiger partial charge in [0, 0.05) is 38.4 Å². The number of methoxy groups -OCH3 is 1. The Bertz CT molecular complexity index is 706. The van der Waals surface area contributed by atoms with Gasteiger partial charge in [-0.3, -0.25) is 4.99 Å². The van der Waals surface area contributed by atoms with Gasteiger partial charge in [-0.05, 0) is 42.7 Å². The highest BCUT2D eigenvalue weighted by Crippen LogP contribution is 2.19. The second-order valence-corrected chi connectivity index (χ2v) is 6.51. The third-order valence-electron chi connectivity index (χ3n) is 4.74. The van der Waals surface area contributed by atoms with Crippen LogP contribution in [0.2, 0.25) is 0 Å². The average molecular weight is 480 g/mol. The van der Waals surface area contributed by atoms with Crippen molar-refractivity contribution in [2.45, 2.75) is 18.9 Å². The maximum atomic E-state index is 5.20. The minimum Gasteiger partial charge on any atom is -0.497 e. The molecule has 2 aromatic carbocycles. The van der Waals surface area contributed by atoms with E-state index in [1.54, 1.807) is 7.11 Å². The van der Waals surface area contributed by atoms with E-state index in [0.717, 1.165) is 44.2 Å². The predicted octanol–water partition coefficient (Wildman–Crippen LogP) is 3.30. The molecule has 1 atom stereocenters. The van der Waals surface area contributed by atoms with Gasteiger partial charge in [-0.15, -0.1) is 24.0 Å². The Morgan fingerprint density at radius 2 is 1.89 bits per heavy atom. The first kappa shape index (κ1) is 21.3. The van der Waals surface area contributed by atoms with Gasteiger partial charge in [0.1, 0.15) is 5.75 Å². The van der Waals surface area contributed by atoms with Crippen molar-refractivity contribution in [2.24, 2.45) is 4.99 Å². The summed E-state index contributed by atoms with van der Waals surface area (Å²) in [6, 6.07) is 19.2. The summed E-state index contributed by atoms with van der Waals surface area (Å²) in [5.74, 6) is 1.77. The molecule has 0 bridgehead atoms. The molecule has 1 heterocycles. The van der Waals surface area contributed by atoms with Crippen LogP contribution in [-0.2, 0) is 6.42 Å². The zero-order chi connectivity index (χ0) is 18.2. The van der Waals surface area contributed by atoms with Gasteiger partial charge in [-0.25, -0.2) is 0 Å². The second kappa shape index (κ2) is 11.0. The largest absolute Gasteiger partial charge is 0.497 e. The van der Waals surface area contributed by atoms with E-state index in [0.29, 0.717) is 6.04 Å². The number of aliphatic imine (C=N–C) groups is 1. The lowest BCUT2D eigenvalue weighted by Gasteiger charge is -2.20. The first-order valence-corrected chi connectivity index (χ1v) is 9.18. The number of rotatable bonds is 6. The number of benzene rings is 2. The van der Waals surface area contributed by atoms with Crippen molar-refractivity contribution in [1.82, 2.24) is 10.6 Å². The van der Waals surface area contributed by atoms with Crippen LogP contribution >= 0.6 is 24.0 Å². The van der Waals surface area contributed by atoms with Gasteiger partial charge in [0.2, 0.25) is 0 Å². The summed E-state index contributed by atoms with van der Waals surface area (Å²) >= 11 is 0. The Morgan fingerprint density at radius 1 is 1.15 bits per heavy atom. The van der Waals surface area contributed by atoms with E-state index < -0.39 is 0 Å². The molecule has 0 amide bonds. The molecule has 27 heavy (non-hydrogen) atoms. The number of ether oxygens (including phenoxy) is 1. The quantitative estimate of drug-likeness (QED) is 0.379. The van der Waals surface area contributed by atoms with Gasteiger partial charge in [0.15, 0.2) is 5.96 Å². The summed E-state index contributed by atoms with van der Waals surface area (Å²) in [4.78, 5) is 6.78. The van der Waals surface area contributed by atoms with E-state index in [1.807, 2.05) is 19.2 Å². The number of hydrogen-bond acceptors (Lipinski definition) is 3. The lowest BCUT2D eigenvalue weighted by Crippen LogP contribution is -2.45. The minimum atomic E-state index is 0. The number of hydrogen-bond donors (Lipinski definition) is 2. The third-order valence-corrected chi connectivity index (χ3v) is 4.74. The van der Waals surface area contributed by atoms with Crippen molar-refractivity contribution >= 4 is 35.6 Å². The second-order valence-electron chi connectivity index (χ2n) is 6.51. The molecule has 1 aliphatic heterocycles. The molecule has 146 valence electrons. The standard InChI is InChI=1S/C21H28N4O.HI/c1-22-21(23-14-12-17-8-10-20(26-2)11-9-17)24-18-13-15-25(16-18)19-6-4-3-5-7-19;/h3-11,18H,12-16H2,1-2H3,(H2,22,23,24);1H. The average Bonchev–Trinajstić information content (AvgIpc) is 3.17. The maximum Gasteiger partial charge on any atom is 0.191 e. The first-order valence-electron chi connectivity index (χ1n) is 9.18. The van der Waals surface area contributed by atoms with Gasteiger partial charge in [0.25, 0.3) is 0 Å². The summed E-state index contributed by atoms with van der Waals surface area (Å²) in [6.07, 6.45) is 2.07. The molecule has 1 aliphatic rings. The third kappa shape index (κ3) is 6.30. The van der Waals surface area contributed by atoms with Gasteiger partial charge in [-0.2, -0.15) is 0 Å². The molecule has 6 heteroatoms. The molecule has 1 fully saturated rings. The van der Waals surface area contributed by atoms with Crippen LogP contribution < -0.4 is 20.3 Å². The zero-order valence-corrected chi connectivity index (χ0v) is 18.4. The van der Waals surface area contributed by atoms with E-state index >= 15 is 0 Å². The van der Waals surface area contributed by atoms with E-state index in [2.05, 4.69) is 63.0 Å². The van der Waals surface area contributed by atoms with Crippen molar-refractivity contribution in [3.63, 3.8) is 0 Å². The molecular formula is C21H29IN4O. The molecular weight excluding hydrogens is 451 g/mol. The van der Waals surface area contributed by atoms with E-state index in [9.17, 15) is 0 Å². The maximum absolute atomic E-state index is 5.20. The summed E-state index contributed by atoms with van der Waals surface area (Å²) in [6.45, 7) is 2.93. The fourth-order valence-corrected chi connectivity index (χ4v) is 3.26. The van der Waals surface area contributed by atoms with Gasteiger partial charge >= 0.3 is 0 Å². The van der Waals surface area contributed by atoms with Gasteiger partial charge in [0.05, 0.1) is 7.11 Å². The fraction of sp³-hybridized carbons (Fsp3) is 0.381. The summed E-state index contributed by atoms with van der Waals surface area (Å²) in [5, 5.41) is 6.96. The van der Waals surface area contributed by atoms with Crippen molar-refractivity contribution in [1.29, 1.82) is 0 Å². The van der Waals surface area contributed by atoms with Crippen LogP contribution in [0.3, 0.4) is 0 Å². The Kier molecular flexibility index (Phi) is 8.71. The Hall–Kier alpha value is -1.96. The zero-order valence-electron chi connectivity index (χ0n) is 16.0. The van der Waals surface area contributed by atoms with Crippen molar-refractivity contribution < 1.29 is 4.74 Å². The van der Waals surface area contributed by atoms with Crippen LogP contribution in [0.25, 0.3) is 0 Å². The Morgan fingerprint density at radius 3 is 2.56 bits per heavy atom. The summed E-state index contributed by atoms with van der Waals surface area (Å²) < 4.78 is 5.20. The molecule has 5 nitrogen and oxygen atoms in total. The highest BCUT2D eigenvalue weighted by molar-refractivity contribution is 14.0. The van der Waals surface area contributed by atoms with Crippen LogP contribution in [0.15, 0.2) is 59.6 Å². The van der Waals surface area contributed by atoms with Crippen LogP contribution in [0.5, 0.6) is 5.75 Å². The number of para-hydroxylation sites is 1. The lowest BCUT2D eigenvalue weighted by molar-refractivity contribution is 0.414. The molecule has 2 N–H and O–H groups in total. The number of guanidine groups is 1. The molecule has 1 unspecified atom stereocenters. The van der Waals surface area contributed by atoms with E-state index in [4.69, 9.17) is 4.74 Å². The number of nitrogens with zero attached hydrogens (tertiary/aromatic N) is 2. The highest BCUT2D eigenvalue weighted by Gasteiger charge is 2.23. The first-order chi connectivity index (χ1) is 12.8.